The molecule has 0 saturated heterocycles. The first kappa shape index (κ1) is 15.2. The van der Waals surface area contributed by atoms with Crippen molar-refractivity contribution in [3.63, 3.8) is 0 Å². The number of carbonyl (C=O) groups is 2. The lowest BCUT2D eigenvalue weighted by Gasteiger charge is -2.15. The van der Waals surface area contributed by atoms with Crippen molar-refractivity contribution in [2.24, 2.45) is 0 Å². The Bertz CT molecular complexity index is 845. The zero-order valence-corrected chi connectivity index (χ0v) is 13.2. The van der Waals surface area contributed by atoms with Gasteiger partial charge < -0.3 is 10.3 Å². The first-order chi connectivity index (χ1) is 10.9. The summed E-state index contributed by atoms with van der Waals surface area (Å²) in [4.78, 5) is 39.2. The second-order valence-corrected chi connectivity index (χ2v) is 6.01. The molecule has 5 heteroatoms. The number of amides is 1. The lowest BCUT2D eigenvalue weighted by Crippen LogP contribution is -2.27. The fraction of sp³-hybridized carbons (Fsp3) is 0.278. The molecule has 1 amide bonds. The lowest BCUT2D eigenvalue weighted by atomic mass is 9.93. The number of benzene rings is 1. The first-order valence-electron chi connectivity index (χ1n) is 7.63. The van der Waals surface area contributed by atoms with Crippen molar-refractivity contribution < 1.29 is 9.59 Å². The Hall–Kier alpha value is -2.69. The van der Waals surface area contributed by atoms with Crippen LogP contribution < -0.4 is 10.9 Å². The van der Waals surface area contributed by atoms with Crippen LogP contribution in [-0.4, -0.2) is 16.7 Å². The van der Waals surface area contributed by atoms with Gasteiger partial charge in [-0.05, 0) is 56.0 Å². The minimum absolute atomic E-state index is 0.0250. The molecule has 3 rings (SSSR count). The maximum absolute atomic E-state index is 12.4. The molecule has 0 radical (unpaired) electrons. The Morgan fingerprint density at radius 1 is 1.04 bits per heavy atom. The highest BCUT2D eigenvalue weighted by Crippen LogP contribution is 2.19. The Kier molecular flexibility index (Phi) is 3.86. The molecule has 1 aliphatic rings. The number of fused-ring (bicyclic) bond motifs is 1. The van der Waals surface area contributed by atoms with Gasteiger partial charge in [0, 0.05) is 23.4 Å². The van der Waals surface area contributed by atoms with E-state index in [1.54, 1.807) is 0 Å². The number of H-pyrrole nitrogens is 1. The van der Waals surface area contributed by atoms with Gasteiger partial charge in [0.05, 0.1) is 0 Å². The summed E-state index contributed by atoms with van der Waals surface area (Å²) in [5.74, 6) is -0.527. The van der Waals surface area contributed by atoms with Crippen LogP contribution in [0, 0.1) is 13.8 Å². The third kappa shape index (κ3) is 3.08. The number of ketones is 1. The summed E-state index contributed by atoms with van der Waals surface area (Å²) >= 11 is 0. The van der Waals surface area contributed by atoms with E-state index >= 15 is 0 Å². The summed E-state index contributed by atoms with van der Waals surface area (Å²) in [6.45, 7) is 3.88. The van der Waals surface area contributed by atoms with Gasteiger partial charge in [-0.2, -0.15) is 0 Å². The lowest BCUT2D eigenvalue weighted by molar-refractivity contribution is 0.0971. The number of aromatic amines is 1. The highest BCUT2D eigenvalue weighted by Gasteiger charge is 2.22. The third-order valence-electron chi connectivity index (χ3n) is 3.98. The third-order valence-corrected chi connectivity index (χ3v) is 3.98. The molecule has 118 valence electrons. The Labute approximate surface area is 133 Å². The highest BCUT2D eigenvalue weighted by atomic mass is 16.2. The summed E-state index contributed by atoms with van der Waals surface area (Å²) in [5.41, 5.74) is 3.29. The molecule has 0 unspecified atom stereocenters. The van der Waals surface area contributed by atoms with Gasteiger partial charge in [0.15, 0.2) is 5.78 Å². The van der Waals surface area contributed by atoms with Crippen LogP contribution in [-0.2, 0) is 6.42 Å². The van der Waals surface area contributed by atoms with Crippen molar-refractivity contribution in [3.05, 3.63) is 62.6 Å². The molecule has 1 aliphatic carbocycles. The average Bonchev–Trinajstić information content (AvgIpc) is 2.45. The molecule has 1 heterocycles. The van der Waals surface area contributed by atoms with Crippen LogP contribution in [0.2, 0.25) is 0 Å². The van der Waals surface area contributed by atoms with Crippen LogP contribution in [0.15, 0.2) is 29.1 Å². The van der Waals surface area contributed by atoms with Gasteiger partial charge in [0.2, 0.25) is 0 Å². The Balaban J connectivity index is 1.95. The zero-order chi connectivity index (χ0) is 16.6. The molecular weight excluding hydrogens is 292 g/mol. The van der Waals surface area contributed by atoms with E-state index in [-0.39, 0.29) is 11.3 Å². The molecule has 0 aliphatic heterocycles. The highest BCUT2D eigenvalue weighted by molar-refractivity contribution is 6.06. The van der Waals surface area contributed by atoms with E-state index in [0.717, 1.165) is 17.5 Å². The van der Waals surface area contributed by atoms with E-state index in [1.165, 1.54) is 6.07 Å². The molecule has 2 N–H and O–H groups in total. The van der Waals surface area contributed by atoms with Gasteiger partial charge in [-0.25, -0.2) is 0 Å². The fourth-order valence-electron chi connectivity index (χ4n) is 2.99. The molecule has 0 saturated carbocycles. The van der Waals surface area contributed by atoms with Crippen molar-refractivity contribution in [3.8, 4) is 0 Å². The monoisotopic (exact) mass is 310 g/mol. The van der Waals surface area contributed by atoms with Crippen molar-refractivity contribution in [2.45, 2.75) is 33.1 Å². The first-order valence-corrected chi connectivity index (χ1v) is 7.63. The number of aryl methyl sites for hydroxylation is 3. The molecular formula is C18H18N2O3. The number of hydrogen-bond acceptors (Lipinski definition) is 3. The standard InChI is InChI=1S/C18H18N2O3/c1-10-6-11(2)8-12(7-10)19-17(22)14-9-13-15(20-18(14)23)4-3-5-16(13)21/h6-9H,3-5H2,1-2H3,(H,19,22)(H,20,23). The number of anilines is 1. The SMILES string of the molecule is Cc1cc(C)cc(NC(=O)c2cc3c([nH]c2=O)CCCC3=O)c1. The van der Waals surface area contributed by atoms with E-state index in [9.17, 15) is 14.4 Å². The Morgan fingerprint density at radius 2 is 1.74 bits per heavy atom. The number of nitrogens with one attached hydrogen (secondary N) is 2. The number of aromatic nitrogens is 1. The van der Waals surface area contributed by atoms with Gasteiger partial charge in [-0.1, -0.05) is 6.07 Å². The number of rotatable bonds is 2. The minimum atomic E-state index is -0.502. The van der Waals surface area contributed by atoms with Crippen molar-refractivity contribution in [1.82, 2.24) is 4.98 Å². The van der Waals surface area contributed by atoms with Gasteiger partial charge in [-0.15, -0.1) is 0 Å². The predicted molar refractivity (Wildman–Crippen MR) is 88.2 cm³/mol. The molecule has 2 aromatic rings. The van der Waals surface area contributed by atoms with Gasteiger partial charge in [-0.3, -0.25) is 14.4 Å². The van der Waals surface area contributed by atoms with Crippen molar-refractivity contribution >= 4 is 17.4 Å². The maximum Gasteiger partial charge on any atom is 0.261 e. The van der Waals surface area contributed by atoms with Gasteiger partial charge in [0.25, 0.3) is 11.5 Å². The molecule has 1 aromatic heterocycles. The van der Waals surface area contributed by atoms with Crippen LogP contribution in [0.5, 0.6) is 0 Å². The van der Waals surface area contributed by atoms with Gasteiger partial charge in [0.1, 0.15) is 5.56 Å². The van der Waals surface area contributed by atoms with Gasteiger partial charge >= 0.3 is 0 Å². The quantitative estimate of drug-likeness (QED) is 0.895. The van der Waals surface area contributed by atoms with E-state index in [1.807, 2.05) is 32.0 Å². The van der Waals surface area contributed by atoms with E-state index in [4.69, 9.17) is 0 Å². The smallest absolute Gasteiger partial charge is 0.261 e. The maximum atomic E-state index is 12.4. The summed E-state index contributed by atoms with van der Waals surface area (Å²) in [6.07, 6.45) is 1.85. The number of hydrogen-bond donors (Lipinski definition) is 2. The minimum Gasteiger partial charge on any atom is -0.325 e. The fourth-order valence-corrected chi connectivity index (χ4v) is 2.99. The summed E-state index contributed by atoms with van der Waals surface area (Å²) in [6, 6.07) is 7.10. The predicted octanol–water partition coefficient (Wildman–Crippen LogP) is 2.76. The number of pyridine rings is 1. The summed E-state index contributed by atoms with van der Waals surface area (Å²) < 4.78 is 0. The molecule has 0 atom stereocenters. The summed E-state index contributed by atoms with van der Waals surface area (Å²) in [5, 5.41) is 2.73. The second-order valence-electron chi connectivity index (χ2n) is 6.01. The van der Waals surface area contributed by atoms with E-state index in [2.05, 4.69) is 10.3 Å². The molecule has 5 nitrogen and oxygen atoms in total. The molecule has 0 spiro atoms. The van der Waals surface area contributed by atoms with Crippen LogP contribution in [0.25, 0.3) is 0 Å². The largest absolute Gasteiger partial charge is 0.325 e. The molecule has 0 bridgehead atoms. The molecule has 23 heavy (non-hydrogen) atoms. The van der Waals surface area contributed by atoms with Crippen LogP contribution >= 0.6 is 0 Å². The van der Waals surface area contributed by atoms with E-state index in [0.29, 0.717) is 29.8 Å². The average molecular weight is 310 g/mol. The van der Waals surface area contributed by atoms with Crippen LogP contribution in [0.4, 0.5) is 5.69 Å². The summed E-state index contributed by atoms with van der Waals surface area (Å²) in [7, 11) is 0. The topological polar surface area (TPSA) is 79.0 Å². The van der Waals surface area contributed by atoms with Crippen molar-refractivity contribution in [1.29, 1.82) is 0 Å². The second kappa shape index (κ2) is 5.83. The van der Waals surface area contributed by atoms with Crippen LogP contribution in [0.1, 0.15) is 50.4 Å². The normalized spacial score (nSPS) is 13.6. The zero-order valence-electron chi connectivity index (χ0n) is 13.2. The number of carbonyl (C=O) groups excluding carboxylic acids is 2. The molecule has 1 aromatic carbocycles. The van der Waals surface area contributed by atoms with Crippen LogP contribution in [0.3, 0.4) is 0 Å². The van der Waals surface area contributed by atoms with E-state index < -0.39 is 11.5 Å². The Morgan fingerprint density at radius 3 is 2.43 bits per heavy atom. The van der Waals surface area contributed by atoms with Crippen molar-refractivity contribution in [2.75, 3.05) is 5.32 Å². The number of Topliss-reactive ketones (excluding diaryl/α,β-unsaturated/α-hetero) is 1. The molecule has 0 fully saturated rings.